The Hall–Kier alpha value is -3.22. The molecule has 1 heterocycles. The number of halogens is 1. The molecule has 0 fully saturated rings. The van der Waals surface area contributed by atoms with Crippen LogP contribution in [-0.4, -0.2) is 35.7 Å². The zero-order valence-corrected chi connectivity index (χ0v) is 19.2. The first-order valence-electron chi connectivity index (χ1n) is 9.88. The Bertz CT molecular complexity index is 1140. The van der Waals surface area contributed by atoms with Crippen molar-refractivity contribution >= 4 is 29.1 Å². The van der Waals surface area contributed by atoms with Gasteiger partial charge in [-0.2, -0.15) is 0 Å². The highest BCUT2D eigenvalue weighted by Gasteiger charge is 2.16. The van der Waals surface area contributed by atoms with Crippen LogP contribution in [0.2, 0.25) is 5.02 Å². The van der Waals surface area contributed by atoms with Gasteiger partial charge in [0.2, 0.25) is 0 Å². The number of carbonyl (C=O) groups is 1. The smallest absolute Gasteiger partial charge is 0.173 e. The van der Waals surface area contributed by atoms with Gasteiger partial charge in [-0.15, -0.1) is 0 Å². The van der Waals surface area contributed by atoms with Crippen molar-refractivity contribution in [2.45, 2.75) is 5.16 Å². The minimum absolute atomic E-state index is 0.0139. The lowest BCUT2D eigenvalue weighted by atomic mass is 10.0. The number of rotatable bonds is 8. The molecule has 0 atom stereocenters. The summed E-state index contributed by atoms with van der Waals surface area (Å²) in [5.74, 6) is 1.83. The third kappa shape index (κ3) is 4.98. The average Bonchev–Trinajstić information content (AvgIpc) is 3.27. The second-order valence-corrected chi connectivity index (χ2v) is 8.34. The largest absolute Gasteiger partial charge is 0.497 e. The van der Waals surface area contributed by atoms with Crippen LogP contribution in [0.5, 0.6) is 11.5 Å². The molecule has 3 aromatic carbocycles. The van der Waals surface area contributed by atoms with Crippen LogP contribution in [0.25, 0.3) is 22.5 Å². The van der Waals surface area contributed by atoms with E-state index in [4.69, 9.17) is 26.1 Å². The van der Waals surface area contributed by atoms with Crippen LogP contribution in [0, 0.1) is 0 Å². The van der Waals surface area contributed by atoms with Gasteiger partial charge in [-0.05, 0) is 72.8 Å². The van der Waals surface area contributed by atoms with Gasteiger partial charge >= 0.3 is 0 Å². The van der Waals surface area contributed by atoms with E-state index in [2.05, 4.69) is 4.98 Å². The van der Waals surface area contributed by atoms with Crippen LogP contribution in [0.4, 0.5) is 0 Å². The Morgan fingerprint density at radius 3 is 2.00 bits per heavy atom. The van der Waals surface area contributed by atoms with Gasteiger partial charge in [0.1, 0.15) is 11.5 Å². The molecular weight excluding hydrogens is 444 g/mol. The maximum absolute atomic E-state index is 12.6. The van der Waals surface area contributed by atoms with Crippen molar-refractivity contribution in [1.82, 2.24) is 9.97 Å². The number of aromatic amines is 1. The number of thioether (sulfide) groups is 1. The van der Waals surface area contributed by atoms with Crippen molar-refractivity contribution in [3.05, 3.63) is 83.4 Å². The van der Waals surface area contributed by atoms with E-state index in [9.17, 15) is 4.79 Å². The van der Waals surface area contributed by atoms with Gasteiger partial charge in [0.25, 0.3) is 0 Å². The standard InChI is InChI=1S/C25H21ClN2O3S/c1-30-20-11-5-17(6-12-20)23-24(18-7-13-21(31-2)14-8-18)28-25(27-23)32-15-22(29)16-3-9-19(26)10-4-16/h3-14H,15H2,1-2H3,(H,27,28). The van der Waals surface area contributed by atoms with E-state index in [1.807, 2.05) is 48.5 Å². The lowest BCUT2D eigenvalue weighted by Crippen LogP contribution is -2.02. The third-order valence-corrected chi connectivity index (χ3v) is 6.06. The van der Waals surface area contributed by atoms with Gasteiger partial charge in [-0.3, -0.25) is 4.79 Å². The number of carbonyl (C=O) groups excluding carboxylic acids is 1. The van der Waals surface area contributed by atoms with Crippen molar-refractivity contribution < 1.29 is 14.3 Å². The van der Waals surface area contributed by atoms with Gasteiger partial charge in [-0.1, -0.05) is 23.4 Å². The van der Waals surface area contributed by atoms with Gasteiger partial charge in [0, 0.05) is 21.7 Å². The summed E-state index contributed by atoms with van der Waals surface area (Å²) >= 11 is 7.29. The molecule has 162 valence electrons. The molecule has 7 heteroatoms. The van der Waals surface area contributed by atoms with Gasteiger partial charge in [0.05, 0.1) is 31.4 Å². The van der Waals surface area contributed by atoms with Crippen molar-refractivity contribution in [2.75, 3.05) is 20.0 Å². The molecule has 0 amide bonds. The number of aromatic nitrogens is 2. The minimum Gasteiger partial charge on any atom is -0.497 e. The second-order valence-electron chi connectivity index (χ2n) is 6.94. The first-order chi connectivity index (χ1) is 15.6. The first-order valence-corrected chi connectivity index (χ1v) is 11.2. The van der Waals surface area contributed by atoms with E-state index >= 15 is 0 Å². The maximum atomic E-state index is 12.6. The molecule has 0 aliphatic heterocycles. The van der Waals surface area contributed by atoms with Crippen LogP contribution in [0.3, 0.4) is 0 Å². The van der Waals surface area contributed by atoms with Crippen LogP contribution < -0.4 is 9.47 Å². The van der Waals surface area contributed by atoms with E-state index in [0.717, 1.165) is 34.0 Å². The monoisotopic (exact) mass is 464 g/mol. The van der Waals surface area contributed by atoms with Crippen LogP contribution in [0.15, 0.2) is 78.0 Å². The number of nitrogens with zero attached hydrogens (tertiary/aromatic N) is 1. The zero-order valence-electron chi connectivity index (χ0n) is 17.6. The molecule has 32 heavy (non-hydrogen) atoms. The predicted molar refractivity (Wildman–Crippen MR) is 129 cm³/mol. The minimum atomic E-state index is 0.0139. The Morgan fingerprint density at radius 2 is 1.44 bits per heavy atom. The Balaban J connectivity index is 1.63. The normalized spacial score (nSPS) is 10.7. The molecule has 0 bridgehead atoms. The highest BCUT2D eigenvalue weighted by molar-refractivity contribution is 7.99. The van der Waals surface area contributed by atoms with Gasteiger partial charge < -0.3 is 14.5 Å². The molecule has 1 N–H and O–H groups in total. The Labute approximate surface area is 195 Å². The number of H-pyrrole nitrogens is 1. The number of hydrogen-bond donors (Lipinski definition) is 1. The number of methoxy groups -OCH3 is 2. The fourth-order valence-corrected chi connectivity index (χ4v) is 4.09. The molecule has 4 aromatic rings. The summed E-state index contributed by atoms with van der Waals surface area (Å²) in [4.78, 5) is 20.8. The maximum Gasteiger partial charge on any atom is 0.173 e. The Morgan fingerprint density at radius 1 is 0.875 bits per heavy atom. The van der Waals surface area contributed by atoms with Crippen molar-refractivity contribution in [3.8, 4) is 34.0 Å². The van der Waals surface area contributed by atoms with Gasteiger partial charge in [-0.25, -0.2) is 4.98 Å². The van der Waals surface area contributed by atoms with Crippen LogP contribution in [0.1, 0.15) is 10.4 Å². The molecule has 0 spiro atoms. The molecule has 4 rings (SSSR count). The highest BCUT2D eigenvalue weighted by Crippen LogP contribution is 2.34. The fraction of sp³-hybridized carbons (Fsp3) is 0.120. The van der Waals surface area contributed by atoms with E-state index in [0.29, 0.717) is 15.7 Å². The molecule has 0 aliphatic carbocycles. The summed E-state index contributed by atoms with van der Waals surface area (Å²) in [5, 5.41) is 1.28. The molecule has 0 radical (unpaired) electrons. The molecular formula is C25H21ClN2O3S. The van der Waals surface area contributed by atoms with Crippen molar-refractivity contribution in [2.24, 2.45) is 0 Å². The molecule has 0 saturated heterocycles. The molecule has 0 unspecified atom stereocenters. The molecule has 5 nitrogen and oxygen atoms in total. The fourth-order valence-electron chi connectivity index (χ4n) is 3.20. The molecule has 1 aromatic heterocycles. The van der Waals surface area contributed by atoms with E-state index in [1.54, 1.807) is 38.5 Å². The quantitative estimate of drug-likeness (QED) is 0.242. The SMILES string of the molecule is COc1ccc(-c2nc(SCC(=O)c3ccc(Cl)cc3)[nH]c2-c2ccc(OC)cc2)cc1. The Kier molecular flexibility index (Phi) is 6.83. The number of imidazole rings is 1. The van der Waals surface area contributed by atoms with Crippen molar-refractivity contribution in [1.29, 1.82) is 0 Å². The zero-order chi connectivity index (χ0) is 22.5. The summed E-state index contributed by atoms with van der Waals surface area (Å²) < 4.78 is 10.5. The number of nitrogens with one attached hydrogen (secondary N) is 1. The topological polar surface area (TPSA) is 64.2 Å². The van der Waals surface area contributed by atoms with Gasteiger partial charge in [0.15, 0.2) is 10.9 Å². The van der Waals surface area contributed by atoms with E-state index in [-0.39, 0.29) is 11.5 Å². The number of Topliss-reactive ketones (excluding diaryl/α,β-unsaturated/α-hetero) is 1. The van der Waals surface area contributed by atoms with Crippen LogP contribution >= 0.6 is 23.4 Å². The summed E-state index contributed by atoms with van der Waals surface area (Å²) in [5.41, 5.74) is 4.22. The van der Waals surface area contributed by atoms with Crippen LogP contribution in [-0.2, 0) is 0 Å². The third-order valence-electron chi connectivity index (χ3n) is 4.93. The predicted octanol–water partition coefficient (Wildman–Crippen LogP) is 6.39. The number of ketones is 1. The summed E-state index contributed by atoms with van der Waals surface area (Å²) in [7, 11) is 3.28. The van der Waals surface area contributed by atoms with Crippen molar-refractivity contribution in [3.63, 3.8) is 0 Å². The average molecular weight is 465 g/mol. The highest BCUT2D eigenvalue weighted by atomic mass is 35.5. The number of ether oxygens (including phenoxy) is 2. The summed E-state index contributed by atoms with van der Waals surface area (Å²) in [6.45, 7) is 0. The number of hydrogen-bond acceptors (Lipinski definition) is 5. The lowest BCUT2D eigenvalue weighted by Gasteiger charge is -2.06. The summed E-state index contributed by atoms with van der Waals surface area (Å²) in [6.07, 6.45) is 0. The number of benzene rings is 3. The second kappa shape index (κ2) is 9.94. The first kappa shape index (κ1) is 22.0. The van der Waals surface area contributed by atoms with E-state index in [1.165, 1.54) is 11.8 Å². The lowest BCUT2D eigenvalue weighted by molar-refractivity contribution is 0.102. The van der Waals surface area contributed by atoms with E-state index < -0.39 is 0 Å². The molecule has 0 aliphatic rings. The summed E-state index contributed by atoms with van der Waals surface area (Å²) in [6, 6.07) is 22.4. The molecule has 0 saturated carbocycles.